The fourth-order valence-electron chi connectivity index (χ4n) is 3.95. The summed E-state index contributed by atoms with van der Waals surface area (Å²) >= 11 is 1.22. The maximum atomic E-state index is 13.4. The van der Waals surface area contributed by atoms with Gasteiger partial charge in [0.25, 0.3) is 5.56 Å². The predicted molar refractivity (Wildman–Crippen MR) is 133 cm³/mol. The van der Waals surface area contributed by atoms with Crippen LogP contribution in [-0.2, 0) is 17.8 Å². The van der Waals surface area contributed by atoms with Gasteiger partial charge in [0.15, 0.2) is 16.7 Å². The Morgan fingerprint density at radius 2 is 1.94 bits per heavy atom. The summed E-state index contributed by atoms with van der Waals surface area (Å²) in [5, 5.41) is 3.90. The molecule has 1 atom stereocenters. The first-order valence-corrected chi connectivity index (χ1v) is 12.4. The molecule has 2 aromatic carbocycles. The lowest BCUT2D eigenvalue weighted by molar-refractivity contribution is -0.119. The Balaban J connectivity index is 1.32. The van der Waals surface area contributed by atoms with Crippen LogP contribution in [0.2, 0.25) is 0 Å². The summed E-state index contributed by atoms with van der Waals surface area (Å²) in [6.07, 6.45) is 3.29. The number of fused-ring (bicyclic) bond motifs is 2. The monoisotopic (exact) mass is 491 g/mol. The van der Waals surface area contributed by atoms with Crippen molar-refractivity contribution in [1.29, 1.82) is 0 Å². The van der Waals surface area contributed by atoms with E-state index in [1.165, 1.54) is 21.9 Å². The smallest absolute Gasteiger partial charge is 0.262 e. The highest BCUT2D eigenvalue weighted by Gasteiger charge is 2.20. The number of nitrogens with one attached hydrogen (secondary N) is 1. The molecule has 1 N–H and O–H groups in total. The lowest BCUT2D eigenvalue weighted by Crippen LogP contribution is -2.34. The molecule has 180 valence electrons. The van der Waals surface area contributed by atoms with Crippen molar-refractivity contribution in [3.8, 4) is 11.5 Å². The number of hydrogen-bond acceptors (Lipinski definition) is 7. The summed E-state index contributed by atoms with van der Waals surface area (Å²) < 4.78 is 17.9. The van der Waals surface area contributed by atoms with Crippen LogP contribution >= 0.6 is 11.8 Å². The Labute approximate surface area is 206 Å². The maximum Gasteiger partial charge on any atom is 0.262 e. The minimum atomic E-state index is -0.233. The van der Waals surface area contributed by atoms with E-state index in [4.69, 9.17) is 13.9 Å². The minimum absolute atomic E-state index is 0.0258. The number of nitrogens with zero attached hydrogens (tertiary/aromatic N) is 2. The van der Waals surface area contributed by atoms with E-state index in [0.717, 1.165) is 12.8 Å². The Hall–Kier alpha value is -3.72. The highest BCUT2D eigenvalue weighted by Crippen LogP contribution is 2.35. The SMILES string of the molecule is C[C@@H](CCc1ccccc1)NC(=O)CSc1nc2cc3c(cc2c(=O)n1Cc1ccco1)OCO3. The molecular formula is C26H25N3O5S. The van der Waals surface area contributed by atoms with Crippen LogP contribution in [0.15, 0.2) is 75.2 Å². The molecule has 0 aliphatic carbocycles. The van der Waals surface area contributed by atoms with E-state index in [9.17, 15) is 9.59 Å². The number of ether oxygens (including phenoxy) is 2. The molecule has 0 unspecified atom stereocenters. The lowest BCUT2D eigenvalue weighted by Gasteiger charge is -2.15. The van der Waals surface area contributed by atoms with Crippen molar-refractivity contribution in [3.05, 3.63) is 82.5 Å². The zero-order valence-corrected chi connectivity index (χ0v) is 20.0. The molecule has 35 heavy (non-hydrogen) atoms. The van der Waals surface area contributed by atoms with E-state index in [2.05, 4.69) is 22.4 Å². The topological polar surface area (TPSA) is 95.6 Å². The van der Waals surface area contributed by atoms with Crippen molar-refractivity contribution in [3.63, 3.8) is 0 Å². The first-order valence-electron chi connectivity index (χ1n) is 11.4. The maximum absolute atomic E-state index is 13.4. The second kappa shape index (κ2) is 10.3. The summed E-state index contributed by atoms with van der Waals surface area (Å²) in [4.78, 5) is 30.7. The summed E-state index contributed by atoms with van der Waals surface area (Å²) in [5.74, 6) is 1.71. The normalized spacial score (nSPS) is 13.2. The zero-order valence-electron chi connectivity index (χ0n) is 19.2. The van der Waals surface area contributed by atoms with Crippen molar-refractivity contribution >= 4 is 28.6 Å². The number of benzene rings is 2. The second-order valence-corrected chi connectivity index (χ2v) is 9.31. The number of furan rings is 1. The number of carbonyl (C=O) groups is 1. The van der Waals surface area contributed by atoms with Crippen molar-refractivity contribution in [2.45, 2.75) is 37.5 Å². The molecule has 0 saturated heterocycles. The molecule has 2 aromatic heterocycles. The van der Waals surface area contributed by atoms with Crippen molar-refractivity contribution in [1.82, 2.24) is 14.9 Å². The summed E-state index contributed by atoms with van der Waals surface area (Å²) in [6.45, 7) is 2.31. The number of aromatic nitrogens is 2. The number of aryl methyl sites for hydroxylation is 1. The van der Waals surface area contributed by atoms with E-state index in [1.807, 2.05) is 25.1 Å². The van der Waals surface area contributed by atoms with Crippen molar-refractivity contribution in [2.75, 3.05) is 12.5 Å². The van der Waals surface area contributed by atoms with E-state index < -0.39 is 0 Å². The van der Waals surface area contributed by atoms with E-state index in [-0.39, 0.29) is 36.6 Å². The van der Waals surface area contributed by atoms with Crippen LogP contribution in [0.4, 0.5) is 0 Å². The third-order valence-electron chi connectivity index (χ3n) is 5.76. The Morgan fingerprint density at radius 3 is 2.71 bits per heavy atom. The first kappa shape index (κ1) is 23.0. The average molecular weight is 492 g/mol. The Bertz CT molecular complexity index is 1390. The van der Waals surface area contributed by atoms with Gasteiger partial charge < -0.3 is 19.2 Å². The van der Waals surface area contributed by atoms with Crippen LogP contribution < -0.4 is 20.3 Å². The van der Waals surface area contributed by atoms with Gasteiger partial charge >= 0.3 is 0 Å². The van der Waals surface area contributed by atoms with Gasteiger partial charge in [-0.15, -0.1) is 0 Å². The molecule has 0 saturated carbocycles. The number of carbonyl (C=O) groups excluding carboxylic acids is 1. The second-order valence-electron chi connectivity index (χ2n) is 8.37. The van der Waals surface area contributed by atoms with Crippen molar-refractivity contribution < 1.29 is 18.7 Å². The van der Waals surface area contributed by atoms with Gasteiger partial charge in [0.05, 0.1) is 29.5 Å². The molecule has 8 nitrogen and oxygen atoms in total. The molecule has 0 spiro atoms. The predicted octanol–water partition coefficient (Wildman–Crippen LogP) is 4.00. The average Bonchev–Trinajstić information content (AvgIpc) is 3.55. The third-order valence-corrected chi connectivity index (χ3v) is 6.73. The van der Waals surface area contributed by atoms with Gasteiger partial charge in [-0.3, -0.25) is 14.2 Å². The van der Waals surface area contributed by atoms with Crippen LogP contribution in [-0.4, -0.2) is 34.0 Å². The molecule has 4 aromatic rings. The fourth-order valence-corrected chi connectivity index (χ4v) is 4.76. The number of rotatable bonds is 9. The number of hydrogen-bond donors (Lipinski definition) is 1. The molecule has 1 aliphatic rings. The van der Waals surface area contributed by atoms with E-state index in [1.54, 1.807) is 30.5 Å². The quantitative estimate of drug-likeness (QED) is 0.279. The van der Waals surface area contributed by atoms with Gasteiger partial charge in [0.2, 0.25) is 12.7 Å². The molecule has 1 amide bonds. The molecule has 0 fully saturated rings. The molecule has 5 rings (SSSR count). The summed E-state index contributed by atoms with van der Waals surface area (Å²) in [6, 6.07) is 17.1. The van der Waals surface area contributed by atoms with E-state index >= 15 is 0 Å². The molecule has 1 aliphatic heterocycles. The number of thioether (sulfide) groups is 1. The van der Waals surface area contributed by atoms with Gasteiger partial charge in [0.1, 0.15) is 5.76 Å². The largest absolute Gasteiger partial charge is 0.467 e. The van der Waals surface area contributed by atoms with Gasteiger partial charge in [-0.2, -0.15) is 0 Å². The Morgan fingerprint density at radius 1 is 1.14 bits per heavy atom. The third kappa shape index (κ3) is 5.35. The fraction of sp³-hybridized carbons (Fsp3) is 0.269. The molecule has 0 radical (unpaired) electrons. The molecular weight excluding hydrogens is 466 g/mol. The van der Waals surface area contributed by atoms with Crippen LogP contribution in [0.1, 0.15) is 24.7 Å². The lowest BCUT2D eigenvalue weighted by atomic mass is 10.1. The Kier molecular flexibility index (Phi) is 6.76. The minimum Gasteiger partial charge on any atom is -0.467 e. The van der Waals surface area contributed by atoms with Gasteiger partial charge in [-0.25, -0.2) is 4.98 Å². The van der Waals surface area contributed by atoms with E-state index in [0.29, 0.717) is 33.3 Å². The van der Waals surface area contributed by atoms with Crippen LogP contribution in [0.3, 0.4) is 0 Å². The molecule has 9 heteroatoms. The molecule has 0 bridgehead atoms. The van der Waals surface area contributed by atoms with Crippen LogP contribution in [0.25, 0.3) is 10.9 Å². The summed E-state index contributed by atoms with van der Waals surface area (Å²) in [7, 11) is 0. The zero-order chi connectivity index (χ0) is 24.2. The number of amides is 1. The van der Waals surface area contributed by atoms with Gasteiger partial charge in [-0.1, -0.05) is 42.1 Å². The highest BCUT2D eigenvalue weighted by atomic mass is 32.2. The molecule has 3 heterocycles. The van der Waals surface area contributed by atoms with Crippen molar-refractivity contribution in [2.24, 2.45) is 0 Å². The summed E-state index contributed by atoms with van der Waals surface area (Å²) in [5.41, 5.74) is 1.50. The van der Waals surface area contributed by atoms with Crippen LogP contribution in [0, 0.1) is 0 Å². The standard InChI is InChI=1S/C26H25N3O5S/c1-17(9-10-18-6-3-2-4-7-18)27-24(30)15-35-26-28-21-13-23-22(33-16-34-23)12-20(21)25(31)29(26)14-19-8-5-11-32-19/h2-8,11-13,17H,9-10,14-16H2,1H3,(H,27,30)/t17-/m0/s1. The highest BCUT2D eigenvalue weighted by molar-refractivity contribution is 7.99. The first-order chi connectivity index (χ1) is 17.1. The van der Waals surface area contributed by atoms with Gasteiger partial charge in [-0.05, 0) is 43.5 Å². The van der Waals surface area contributed by atoms with Gasteiger partial charge in [0, 0.05) is 12.1 Å². The van der Waals surface area contributed by atoms with Crippen LogP contribution in [0.5, 0.6) is 11.5 Å².